The van der Waals surface area contributed by atoms with Gasteiger partial charge in [-0.1, -0.05) is 0 Å². The Hall–Kier alpha value is -3.74. The number of carbonyl (C=O) groups is 1. The number of aromatic nitrogens is 3. The Kier molecular flexibility index (Phi) is 6.24. The molecule has 36 heavy (non-hydrogen) atoms. The lowest BCUT2D eigenvalue weighted by atomic mass is 10.0. The molecule has 0 atom stereocenters. The number of ether oxygens (including phenoxy) is 2. The van der Waals surface area contributed by atoms with Gasteiger partial charge in [0, 0.05) is 44.0 Å². The number of fused-ring (bicyclic) bond motifs is 1. The van der Waals surface area contributed by atoms with Gasteiger partial charge in [0.25, 0.3) is 5.91 Å². The quantitative estimate of drug-likeness (QED) is 0.522. The number of likely N-dealkylation sites (tertiary alicyclic amines) is 1. The first-order valence-corrected chi connectivity index (χ1v) is 11.6. The highest BCUT2D eigenvalue weighted by Gasteiger charge is 2.32. The van der Waals surface area contributed by atoms with Crippen molar-refractivity contribution in [3.63, 3.8) is 0 Å². The number of hydrogen-bond acceptors (Lipinski definition) is 7. The van der Waals surface area contributed by atoms with Crippen molar-refractivity contribution in [2.75, 3.05) is 50.0 Å². The number of aromatic amines is 1. The van der Waals surface area contributed by atoms with Crippen LogP contribution in [0.2, 0.25) is 0 Å². The molecule has 2 saturated heterocycles. The van der Waals surface area contributed by atoms with Gasteiger partial charge in [-0.05, 0) is 31.0 Å². The lowest BCUT2D eigenvalue weighted by molar-refractivity contribution is -0.274. The highest BCUT2D eigenvalue weighted by Crippen LogP contribution is 2.30. The number of halogens is 3. The molecule has 10 nitrogen and oxygen atoms in total. The fourth-order valence-electron chi connectivity index (χ4n) is 4.78. The molecule has 0 aliphatic carbocycles. The molecule has 1 aromatic carbocycles. The van der Waals surface area contributed by atoms with Crippen LogP contribution in [-0.4, -0.2) is 71.1 Å². The van der Waals surface area contributed by atoms with Crippen LogP contribution in [0.4, 0.5) is 24.5 Å². The molecule has 4 heterocycles. The number of pyridine rings is 1. The van der Waals surface area contributed by atoms with Gasteiger partial charge in [0.1, 0.15) is 5.75 Å². The van der Waals surface area contributed by atoms with Crippen molar-refractivity contribution in [3.05, 3.63) is 46.5 Å². The van der Waals surface area contributed by atoms with Crippen molar-refractivity contribution in [1.82, 2.24) is 19.4 Å². The highest BCUT2D eigenvalue weighted by atomic mass is 19.4. The molecule has 1 amide bonds. The third-order valence-corrected chi connectivity index (χ3v) is 6.54. The molecular formula is C23H25F3N6O4. The largest absolute Gasteiger partial charge is 0.573 e. The van der Waals surface area contributed by atoms with Gasteiger partial charge < -0.3 is 25.0 Å². The molecule has 2 aromatic heterocycles. The molecule has 13 heteroatoms. The normalized spacial score (nSPS) is 17.5. The number of benzene rings is 1. The summed E-state index contributed by atoms with van der Waals surface area (Å²) in [6.45, 7) is 3.47. The number of nitrogens with zero attached hydrogens (tertiary/aromatic N) is 4. The van der Waals surface area contributed by atoms with Crippen LogP contribution in [0.25, 0.3) is 11.2 Å². The Morgan fingerprint density at radius 3 is 2.53 bits per heavy atom. The molecule has 0 spiro atoms. The summed E-state index contributed by atoms with van der Waals surface area (Å²) in [4.78, 5) is 36.8. The number of piperidine rings is 1. The summed E-state index contributed by atoms with van der Waals surface area (Å²) < 4.78 is 48.3. The van der Waals surface area contributed by atoms with Crippen LogP contribution in [0, 0.1) is 0 Å². The number of imidazole rings is 1. The predicted octanol–water partition coefficient (Wildman–Crippen LogP) is 2.52. The number of alkyl halides is 3. The standard InChI is InChI=1S/C23H25F3N6O4/c24-23(25,26)36-16-1-2-17(18(27)12-16)21(33)31-5-3-14(4-6-31)32-19-11-15(30-7-9-35-10-8-30)13-28-20(19)29-22(32)34/h1-2,11-14H,3-10,27H2,(H,28,29,34). The van der Waals surface area contributed by atoms with E-state index >= 15 is 0 Å². The van der Waals surface area contributed by atoms with E-state index in [1.807, 2.05) is 6.07 Å². The minimum absolute atomic E-state index is 0.0987. The van der Waals surface area contributed by atoms with E-state index in [0.717, 1.165) is 30.9 Å². The van der Waals surface area contributed by atoms with Gasteiger partial charge >= 0.3 is 12.1 Å². The summed E-state index contributed by atoms with van der Waals surface area (Å²) in [5.74, 6) is -0.869. The molecule has 2 aliphatic rings. The average Bonchev–Trinajstić information content (AvgIpc) is 3.18. The van der Waals surface area contributed by atoms with Crippen molar-refractivity contribution in [2.45, 2.75) is 25.2 Å². The molecule has 0 bridgehead atoms. The van der Waals surface area contributed by atoms with Crippen LogP contribution in [0.5, 0.6) is 5.75 Å². The van der Waals surface area contributed by atoms with Crippen LogP contribution < -0.4 is 21.1 Å². The number of rotatable bonds is 4. The number of H-pyrrole nitrogens is 1. The number of nitrogens with one attached hydrogen (secondary N) is 1. The third-order valence-electron chi connectivity index (χ3n) is 6.54. The van der Waals surface area contributed by atoms with Gasteiger partial charge in [0.05, 0.1) is 36.2 Å². The second-order valence-electron chi connectivity index (χ2n) is 8.78. The second kappa shape index (κ2) is 9.37. The number of amides is 1. The number of hydrogen-bond donors (Lipinski definition) is 2. The maximum absolute atomic E-state index is 13.0. The maximum Gasteiger partial charge on any atom is 0.573 e. The van der Waals surface area contributed by atoms with Gasteiger partial charge in [-0.15, -0.1) is 13.2 Å². The van der Waals surface area contributed by atoms with Crippen LogP contribution in [-0.2, 0) is 4.74 Å². The van der Waals surface area contributed by atoms with Crippen molar-refractivity contribution in [1.29, 1.82) is 0 Å². The highest BCUT2D eigenvalue weighted by molar-refractivity contribution is 5.99. The van der Waals surface area contributed by atoms with E-state index in [4.69, 9.17) is 10.5 Å². The van der Waals surface area contributed by atoms with Crippen LogP contribution >= 0.6 is 0 Å². The van der Waals surface area contributed by atoms with Crippen LogP contribution in [0.1, 0.15) is 29.2 Å². The third kappa shape index (κ3) is 4.83. The first kappa shape index (κ1) is 24.0. The second-order valence-corrected chi connectivity index (χ2v) is 8.78. The molecule has 0 unspecified atom stereocenters. The fraction of sp³-hybridized carbons (Fsp3) is 0.435. The average molecular weight is 506 g/mol. The summed E-state index contributed by atoms with van der Waals surface area (Å²) in [6, 6.07) is 5.09. The SMILES string of the molecule is Nc1cc(OC(F)(F)F)ccc1C(=O)N1CCC(n2c(=O)[nH]c3ncc(N4CCOCC4)cc32)CC1. The minimum Gasteiger partial charge on any atom is -0.406 e. The van der Waals surface area contributed by atoms with Gasteiger partial charge in [0.2, 0.25) is 0 Å². The molecule has 0 radical (unpaired) electrons. The van der Waals surface area contributed by atoms with E-state index in [-0.39, 0.29) is 28.9 Å². The van der Waals surface area contributed by atoms with Crippen molar-refractivity contribution in [2.24, 2.45) is 0 Å². The van der Waals surface area contributed by atoms with Gasteiger partial charge in [-0.25, -0.2) is 9.78 Å². The number of nitrogens with two attached hydrogens (primary N) is 1. The Labute approximate surface area is 203 Å². The smallest absolute Gasteiger partial charge is 0.406 e. The number of anilines is 2. The predicted molar refractivity (Wildman–Crippen MR) is 125 cm³/mol. The molecular weight excluding hydrogens is 481 g/mol. The van der Waals surface area contributed by atoms with Crippen molar-refractivity contribution in [3.8, 4) is 5.75 Å². The molecule has 5 rings (SSSR count). The summed E-state index contributed by atoms with van der Waals surface area (Å²) in [5, 5.41) is 0. The summed E-state index contributed by atoms with van der Waals surface area (Å²) in [5.41, 5.74) is 7.72. The van der Waals surface area contributed by atoms with Gasteiger partial charge in [0.15, 0.2) is 5.65 Å². The minimum atomic E-state index is -4.85. The lowest BCUT2D eigenvalue weighted by Gasteiger charge is -2.33. The van der Waals surface area contributed by atoms with E-state index in [2.05, 4.69) is 19.6 Å². The number of carbonyl (C=O) groups excluding carboxylic acids is 1. The first-order chi connectivity index (χ1) is 17.2. The van der Waals surface area contributed by atoms with E-state index < -0.39 is 12.1 Å². The number of nitrogen functional groups attached to an aromatic ring is 1. The molecule has 3 N–H and O–H groups in total. The van der Waals surface area contributed by atoms with Crippen LogP contribution in [0.15, 0.2) is 35.3 Å². The topological polar surface area (TPSA) is 119 Å². The number of morpholine rings is 1. The molecule has 2 fully saturated rings. The molecule has 3 aromatic rings. The zero-order valence-corrected chi connectivity index (χ0v) is 19.3. The lowest BCUT2D eigenvalue weighted by Crippen LogP contribution is -2.40. The molecule has 0 saturated carbocycles. The Morgan fingerprint density at radius 1 is 1.14 bits per heavy atom. The van der Waals surface area contributed by atoms with Crippen molar-refractivity contribution >= 4 is 28.4 Å². The summed E-state index contributed by atoms with van der Waals surface area (Å²) in [7, 11) is 0. The monoisotopic (exact) mass is 506 g/mol. The van der Waals surface area contributed by atoms with E-state index in [1.54, 1.807) is 15.7 Å². The van der Waals surface area contributed by atoms with Gasteiger partial charge in [-0.3, -0.25) is 14.3 Å². The summed E-state index contributed by atoms with van der Waals surface area (Å²) in [6.07, 6.45) is -2.06. The summed E-state index contributed by atoms with van der Waals surface area (Å²) >= 11 is 0. The van der Waals surface area contributed by atoms with Gasteiger partial charge in [-0.2, -0.15) is 0 Å². The van der Waals surface area contributed by atoms with E-state index in [0.29, 0.717) is 50.3 Å². The Bertz CT molecular complexity index is 1320. The van der Waals surface area contributed by atoms with E-state index in [1.165, 1.54) is 6.07 Å². The zero-order valence-electron chi connectivity index (χ0n) is 19.3. The maximum atomic E-state index is 13.0. The Morgan fingerprint density at radius 2 is 1.86 bits per heavy atom. The fourth-order valence-corrected chi connectivity index (χ4v) is 4.78. The zero-order chi connectivity index (χ0) is 25.4. The molecule has 192 valence electrons. The molecule has 2 aliphatic heterocycles. The first-order valence-electron chi connectivity index (χ1n) is 11.6. The van der Waals surface area contributed by atoms with Crippen LogP contribution in [0.3, 0.4) is 0 Å². The van der Waals surface area contributed by atoms with Crippen molar-refractivity contribution < 1.29 is 27.4 Å². The van der Waals surface area contributed by atoms with E-state index in [9.17, 15) is 22.8 Å². The Balaban J connectivity index is 1.30.